The summed E-state index contributed by atoms with van der Waals surface area (Å²) in [7, 11) is 0. The average molecular weight is 401 g/mol. The molecule has 3 rings (SSSR count). The zero-order chi connectivity index (χ0) is 21.5. The van der Waals surface area contributed by atoms with Crippen molar-refractivity contribution in [3.05, 3.63) is 83.7 Å². The number of carboxylic acid groups (broad SMARTS) is 1. The Kier molecular flexibility index (Phi) is 6.30. The van der Waals surface area contributed by atoms with Crippen LogP contribution in [-0.4, -0.2) is 28.2 Å². The van der Waals surface area contributed by atoms with E-state index in [1.807, 2.05) is 13.0 Å². The van der Waals surface area contributed by atoms with Crippen LogP contribution in [0.2, 0.25) is 0 Å². The quantitative estimate of drug-likeness (QED) is 0.458. The molecule has 0 unspecified atom stereocenters. The van der Waals surface area contributed by atoms with Crippen LogP contribution < -0.4 is 10.1 Å². The standard InChI is InChI=1S/C23H19N3O4/c1-2-30-21-10-8-18(9-11-21)25-22(27)17(15-24)14-20-7-4-12-26(20)19-6-3-5-16(13-19)23(28)29/h3-14H,2H2,1H3,(H,25,27)(H,28,29)/b17-14+. The minimum absolute atomic E-state index is 0.0850. The van der Waals surface area contributed by atoms with Crippen LogP contribution in [0.4, 0.5) is 5.69 Å². The predicted molar refractivity (Wildman–Crippen MR) is 113 cm³/mol. The van der Waals surface area contributed by atoms with Crippen LogP contribution in [0.1, 0.15) is 23.0 Å². The van der Waals surface area contributed by atoms with Crippen LogP contribution in [0.25, 0.3) is 11.8 Å². The summed E-state index contributed by atoms with van der Waals surface area (Å²) < 4.78 is 7.07. The summed E-state index contributed by atoms with van der Waals surface area (Å²) in [6.07, 6.45) is 3.18. The first-order valence-electron chi connectivity index (χ1n) is 9.19. The molecule has 0 radical (unpaired) electrons. The SMILES string of the molecule is CCOc1ccc(NC(=O)/C(C#N)=C/c2cccn2-c2cccc(C(=O)O)c2)cc1. The minimum atomic E-state index is -1.03. The summed E-state index contributed by atoms with van der Waals surface area (Å²) in [5, 5.41) is 21.4. The number of hydrogen-bond donors (Lipinski definition) is 2. The zero-order valence-corrected chi connectivity index (χ0v) is 16.2. The molecule has 0 saturated carbocycles. The van der Waals surface area contributed by atoms with Gasteiger partial charge >= 0.3 is 5.97 Å². The van der Waals surface area contributed by atoms with Crippen molar-refractivity contribution in [2.75, 3.05) is 11.9 Å². The minimum Gasteiger partial charge on any atom is -0.494 e. The van der Waals surface area contributed by atoms with Crippen LogP contribution in [0.5, 0.6) is 5.75 Å². The normalized spacial score (nSPS) is 10.9. The number of carbonyl (C=O) groups is 2. The number of carboxylic acids is 1. The van der Waals surface area contributed by atoms with Gasteiger partial charge in [-0.1, -0.05) is 6.07 Å². The lowest BCUT2D eigenvalue weighted by Gasteiger charge is -2.09. The van der Waals surface area contributed by atoms with Gasteiger partial charge in [0.1, 0.15) is 17.4 Å². The van der Waals surface area contributed by atoms with E-state index >= 15 is 0 Å². The molecule has 1 amide bonds. The summed E-state index contributed by atoms with van der Waals surface area (Å²) >= 11 is 0. The topological polar surface area (TPSA) is 104 Å². The van der Waals surface area contributed by atoms with Crippen molar-refractivity contribution in [3.8, 4) is 17.5 Å². The van der Waals surface area contributed by atoms with Crippen LogP contribution in [0.3, 0.4) is 0 Å². The molecule has 0 aliphatic rings. The van der Waals surface area contributed by atoms with Gasteiger partial charge in [-0.2, -0.15) is 5.26 Å². The first kappa shape index (κ1) is 20.4. The lowest BCUT2D eigenvalue weighted by Crippen LogP contribution is -2.13. The van der Waals surface area contributed by atoms with E-state index in [-0.39, 0.29) is 11.1 Å². The van der Waals surface area contributed by atoms with Crippen molar-refractivity contribution in [2.24, 2.45) is 0 Å². The maximum Gasteiger partial charge on any atom is 0.335 e. The number of rotatable bonds is 7. The van der Waals surface area contributed by atoms with Gasteiger partial charge in [-0.05, 0) is 67.6 Å². The molecule has 0 saturated heterocycles. The third-order valence-corrected chi connectivity index (χ3v) is 4.23. The van der Waals surface area contributed by atoms with Gasteiger partial charge in [-0.15, -0.1) is 0 Å². The Morgan fingerprint density at radius 2 is 1.93 bits per heavy atom. The van der Waals surface area contributed by atoms with Crippen LogP contribution in [-0.2, 0) is 4.79 Å². The molecule has 0 bridgehead atoms. The van der Waals surface area contributed by atoms with Crippen LogP contribution >= 0.6 is 0 Å². The molecular weight excluding hydrogens is 382 g/mol. The van der Waals surface area contributed by atoms with Crippen molar-refractivity contribution in [2.45, 2.75) is 6.92 Å². The van der Waals surface area contributed by atoms with Crippen molar-refractivity contribution < 1.29 is 19.4 Å². The highest BCUT2D eigenvalue weighted by Crippen LogP contribution is 2.19. The Hall–Kier alpha value is -4.31. The molecule has 2 N–H and O–H groups in total. The Morgan fingerprint density at radius 3 is 2.60 bits per heavy atom. The predicted octanol–water partition coefficient (Wildman–Crippen LogP) is 4.12. The molecule has 0 aliphatic carbocycles. The van der Waals surface area contributed by atoms with E-state index in [0.717, 1.165) is 0 Å². The molecule has 0 fully saturated rings. The number of hydrogen-bond acceptors (Lipinski definition) is 4. The first-order chi connectivity index (χ1) is 14.5. The van der Waals surface area contributed by atoms with E-state index in [0.29, 0.717) is 29.4 Å². The van der Waals surface area contributed by atoms with Gasteiger partial charge in [0.25, 0.3) is 5.91 Å². The fraction of sp³-hybridized carbons (Fsp3) is 0.0870. The summed E-state index contributed by atoms with van der Waals surface area (Å²) in [5.74, 6) is -0.893. The van der Waals surface area contributed by atoms with E-state index in [1.165, 1.54) is 18.2 Å². The molecule has 1 aromatic heterocycles. The van der Waals surface area contributed by atoms with Crippen LogP contribution in [0.15, 0.2) is 72.4 Å². The van der Waals surface area contributed by atoms with E-state index in [4.69, 9.17) is 4.74 Å². The van der Waals surface area contributed by atoms with Crippen molar-refractivity contribution in [3.63, 3.8) is 0 Å². The Bertz CT molecular complexity index is 1140. The third kappa shape index (κ3) is 4.75. The molecule has 7 heteroatoms. The van der Waals surface area contributed by atoms with Gasteiger partial charge in [-0.25, -0.2) is 4.79 Å². The molecule has 2 aromatic carbocycles. The number of aromatic nitrogens is 1. The summed E-state index contributed by atoms with van der Waals surface area (Å²) in [5.41, 5.74) is 1.77. The van der Waals surface area contributed by atoms with Gasteiger partial charge < -0.3 is 19.7 Å². The second kappa shape index (κ2) is 9.26. The van der Waals surface area contributed by atoms with E-state index < -0.39 is 11.9 Å². The molecule has 0 aliphatic heterocycles. The van der Waals surface area contributed by atoms with Crippen molar-refractivity contribution >= 4 is 23.6 Å². The number of carbonyl (C=O) groups excluding carboxylic acids is 1. The molecular formula is C23H19N3O4. The van der Waals surface area contributed by atoms with Crippen LogP contribution in [0, 0.1) is 11.3 Å². The number of nitrogens with one attached hydrogen (secondary N) is 1. The maximum atomic E-state index is 12.6. The van der Waals surface area contributed by atoms with Crippen molar-refractivity contribution in [1.29, 1.82) is 5.26 Å². The van der Waals surface area contributed by atoms with Gasteiger partial charge in [0.05, 0.1) is 12.2 Å². The number of aromatic carboxylic acids is 1. The Morgan fingerprint density at radius 1 is 1.17 bits per heavy atom. The highest BCUT2D eigenvalue weighted by atomic mass is 16.5. The molecule has 7 nitrogen and oxygen atoms in total. The smallest absolute Gasteiger partial charge is 0.335 e. The number of benzene rings is 2. The number of amides is 1. The van der Waals surface area contributed by atoms with Gasteiger partial charge in [0.2, 0.25) is 0 Å². The van der Waals surface area contributed by atoms with Gasteiger partial charge in [-0.3, -0.25) is 4.79 Å². The maximum absolute atomic E-state index is 12.6. The largest absolute Gasteiger partial charge is 0.494 e. The number of ether oxygens (including phenoxy) is 1. The fourth-order valence-electron chi connectivity index (χ4n) is 2.83. The Balaban J connectivity index is 1.84. The second-order valence-electron chi connectivity index (χ2n) is 6.24. The number of nitrogens with zero attached hydrogens (tertiary/aromatic N) is 2. The third-order valence-electron chi connectivity index (χ3n) is 4.23. The monoisotopic (exact) mass is 401 g/mol. The van der Waals surface area contributed by atoms with Gasteiger partial charge in [0, 0.05) is 23.3 Å². The molecule has 0 atom stereocenters. The number of anilines is 1. The molecule has 3 aromatic rings. The lowest BCUT2D eigenvalue weighted by molar-refractivity contribution is -0.112. The number of nitriles is 1. The summed E-state index contributed by atoms with van der Waals surface area (Å²) in [6.45, 7) is 2.43. The highest BCUT2D eigenvalue weighted by Gasteiger charge is 2.12. The molecule has 150 valence electrons. The average Bonchev–Trinajstić information content (AvgIpc) is 3.22. The van der Waals surface area contributed by atoms with Gasteiger partial charge in [0.15, 0.2) is 0 Å². The molecule has 30 heavy (non-hydrogen) atoms. The second-order valence-corrected chi connectivity index (χ2v) is 6.24. The highest BCUT2D eigenvalue weighted by molar-refractivity contribution is 6.09. The van der Waals surface area contributed by atoms with E-state index in [9.17, 15) is 20.0 Å². The molecule has 0 spiro atoms. The fourth-order valence-corrected chi connectivity index (χ4v) is 2.83. The zero-order valence-electron chi connectivity index (χ0n) is 16.2. The Labute approximate surface area is 173 Å². The van der Waals surface area contributed by atoms with Crippen molar-refractivity contribution in [1.82, 2.24) is 4.57 Å². The molecule has 1 heterocycles. The van der Waals surface area contributed by atoms with E-state index in [1.54, 1.807) is 59.3 Å². The first-order valence-corrected chi connectivity index (χ1v) is 9.19. The summed E-state index contributed by atoms with van der Waals surface area (Å²) in [4.78, 5) is 23.8. The van der Waals surface area contributed by atoms with E-state index in [2.05, 4.69) is 5.32 Å². The lowest BCUT2D eigenvalue weighted by atomic mass is 10.2. The summed E-state index contributed by atoms with van der Waals surface area (Å²) in [6, 6.07) is 18.6.